The molecular formula is C34H18Cl2. The highest BCUT2D eigenvalue weighted by Gasteiger charge is 2.09. The first-order valence-electron chi connectivity index (χ1n) is 12.0. The highest BCUT2D eigenvalue weighted by atomic mass is 35.5. The Morgan fingerprint density at radius 2 is 0.639 bits per heavy atom. The molecule has 0 saturated carbocycles. The molecule has 168 valence electrons. The maximum atomic E-state index is 6.52. The lowest BCUT2D eigenvalue weighted by atomic mass is 9.94. The molecule has 0 fully saturated rings. The molecule has 0 aliphatic carbocycles. The normalized spacial score (nSPS) is 12.2. The predicted octanol–water partition coefficient (Wildman–Crippen LogP) is 11.1. The van der Waals surface area contributed by atoms with Gasteiger partial charge in [0.15, 0.2) is 0 Å². The van der Waals surface area contributed by atoms with Gasteiger partial charge in [-0.1, -0.05) is 53.5 Å². The molecule has 0 bridgehead atoms. The summed E-state index contributed by atoms with van der Waals surface area (Å²) in [6.07, 6.45) is 0. The first-order valence-corrected chi connectivity index (χ1v) is 12.8. The fraction of sp³-hybridized carbons (Fsp3) is 0. The van der Waals surface area contributed by atoms with Crippen LogP contribution >= 0.6 is 23.2 Å². The first kappa shape index (κ1) is 20.4. The van der Waals surface area contributed by atoms with Crippen LogP contribution in [-0.4, -0.2) is 0 Å². The molecule has 0 unspecified atom stereocenters. The Morgan fingerprint density at radius 1 is 0.306 bits per heavy atom. The van der Waals surface area contributed by atoms with E-state index < -0.39 is 0 Å². The van der Waals surface area contributed by atoms with Crippen LogP contribution in [0.15, 0.2) is 109 Å². The standard InChI is InChI=1S/C34H18Cl2/c35-33-6-5-21-9-24-12-27-15-28-13-25-10-22-7-19-3-1-2-4-20(19)8-23(22)11-26(25)14-29(28)16-30(27)17-31(24)18-32(21)34(33)36/h1-18H. The average Bonchev–Trinajstić information content (AvgIpc) is 2.88. The van der Waals surface area contributed by atoms with Crippen molar-refractivity contribution in [1.82, 2.24) is 0 Å². The van der Waals surface area contributed by atoms with Crippen LogP contribution in [0.1, 0.15) is 0 Å². The van der Waals surface area contributed by atoms with Crippen LogP contribution in [-0.2, 0) is 0 Å². The van der Waals surface area contributed by atoms with Crippen molar-refractivity contribution in [2.45, 2.75) is 0 Å². The topological polar surface area (TPSA) is 0 Å². The molecule has 0 atom stereocenters. The predicted molar refractivity (Wildman–Crippen MR) is 159 cm³/mol. The van der Waals surface area contributed by atoms with Gasteiger partial charge in [0.2, 0.25) is 0 Å². The minimum Gasteiger partial charge on any atom is -0.0827 e. The Kier molecular flexibility index (Phi) is 4.15. The van der Waals surface area contributed by atoms with E-state index in [-0.39, 0.29) is 0 Å². The third-order valence-electron chi connectivity index (χ3n) is 7.55. The molecule has 0 heterocycles. The lowest BCUT2D eigenvalue weighted by molar-refractivity contribution is 1.78. The van der Waals surface area contributed by atoms with Crippen molar-refractivity contribution >= 4 is 98.6 Å². The summed E-state index contributed by atoms with van der Waals surface area (Å²) in [5, 5.41) is 18.2. The zero-order chi connectivity index (χ0) is 24.0. The van der Waals surface area contributed by atoms with E-state index in [9.17, 15) is 0 Å². The van der Waals surface area contributed by atoms with Gasteiger partial charge in [-0.15, -0.1) is 0 Å². The number of halogens is 2. The van der Waals surface area contributed by atoms with Gasteiger partial charge in [0.25, 0.3) is 0 Å². The van der Waals surface area contributed by atoms with Gasteiger partial charge in [-0.2, -0.15) is 0 Å². The van der Waals surface area contributed by atoms with E-state index in [2.05, 4.69) is 97.1 Å². The van der Waals surface area contributed by atoms with Gasteiger partial charge < -0.3 is 0 Å². The Labute approximate surface area is 217 Å². The van der Waals surface area contributed by atoms with E-state index in [1.54, 1.807) is 0 Å². The van der Waals surface area contributed by atoms with Gasteiger partial charge in [0, 0.05) is 5.39 Å². The van der Waals surface area contributed by atoms with Crippen molar-refractivity contribution in [3.63, 3.8) is 0 Å². The third kappa shape index (κ3) is 3.02. The average molecular weight is 497 g/mol. The molecule has 0 N–H and O–H groups in total. The molecule has 8 aromatic rings. The Bertz CT molecular complexity index is 2220. The molecular weight excluding hydrogens is 479 g/mol. The quantitative estimate of drug-likeness (QED) is 0.183. The fourth-order valence-corrected chi connectivity index (χ4v) is 6.10. The molecule has 0 saturated heterocycles. The van der Waals surface area contributed by atoms with Crippen LogP contribution in [0.4, 0.5) is 0 Å². The van der Waals surface area contributed by atoms with E-state index in [1.165, 1.54) is 59.2 Å². The molecule has 0 radical (unpaired) electrons. The van der Waals surface area contributed by atoms with Gasteiger partial charge in [-0.3, -0.25) is 0 Å². The summed E-state index contributed by atoms with van der Waals surface area (Å²) in [7, 11) is 0. The number of hydrogen-bond donors (Lipinski definition) is 0. The minimum atomic E-state index is 0.586. The lowest BCUT2D eigenvalue weighted by Gasteiger charge is -2.10. The molecule has 0 amide bonds. The van der Waals surface area contributed by atoms with Gasteiger partial charge in [-0.25, -0.2) is 0 Å². The van der Waals surface area contributed by atoms with E-state index in [0.717, 1.165) is 16.2 Å². The van der Waals surface area contributed by atoms with Crippen molar-refractivity contribution in [3.8, 4) is 0 Å². The Balaban J connectivity index is 1.39. The largest absolute Gasteiger partial charge is 0.0827 e. The lowest BCUT2D eigenvalue weighted by Crippen LogP contribution is -1.83. The van der Waals surface area contributed by atoms with Gasteiger partial charge >= 0.3 is 0 Å². The number of benzene rings is 8. The summed E-state index contributed by atoms with van der Waals surface area (Å²) < 4.78 is 0. The Hall–Kier alpha value is -3.84. The fourth-order valence-electron chi connectivity index (χ4n) is 5.71. The van der Waals surface area contributed by atoms with Crippen molar-refractivity contribution in [2.75, 3.05) is 0 Å². The van der Waals surface area contributed by atoms with Crippen molar-refractivity contribution in [3.05, 3.63) is 119 Å². The SMILES string of the molecule is Clc1ccc2cc3cc4cc5cc6cc7cc8ccccc8cc7cc6cc5cc4cc3cc2c1Cl. The smallest absolute Gasteiger partial charge is 0.0670 e. The minimum absolute atomic E-state index is 0.586. The Morgan fingerprint density at radius 3 is 1.06 bits per heavy atom. The first-order chi connectivity index (χ1) is 17.6. The molecule has 8 rings (SSSR count). The maximum Gasteiger partial charge on any atom is 0.0670 e. The molecule has 0 nitrogen and oxygen atoms in total. The molecule has 0 spiro atoms. The molecule has 36 heavy (non-hydrogen) atoms. The highest BCUT2D eigenvalue weighted by Crippen LogP contribution is 2.36. The second-order valence-corrected chi connectivity index (χ2v) is 10.6. The van der Waals surface area contributed by atoms with E-state index in [0.29, 0.717) is 10.0 Å². The highest BCUT2D eigenvalue weighted by molar-refractivity contribution is 6.45. The van der Waals surface area contributed by atoms with Crippen LogP contribution in [0, 0.1) is 0 Å². The molecule has 2 heteroatoms. The number of rotatable bonds is 0. The van der Waals surface area contributed by atoms with Crippen LogP contribution in [0.2, 0.25) is 10.0 Å². The zero-order valence-electron chi connectivity index (χ0n) is 19.1. The van der Waals surface area contributed by atoms with Crippen molar-refractivity contribution in [2.24, 2.45) is 0 Å². The summed E-state index contributed by atoms with van der Waals surface area (Å²) in [5.74, 6) is 0. The summed E-state index contributed by atoms with van der Waals surface area (Å²) in [5.41, 5.74) is 0. The second-order valence-electron chi connectivity index (χ2n) is 9.78. The zero-order valence-corrected chi connectivity index (χ0v) is 20.7. The molecule has 0 aromatic heterocycles. The van der Waals surface area contributed by atoms with Crippen LogP contribution in [0.3, 0.4) is 0 Å². The van der Waals surface area contributed by atoms with Crippen molar-refractivity contribution in [1.29, 1.82) is 0 Å². The van der Waals surface area contributed by atoms with Crippen LogP contribution < -0.4 is 0 Å². The van der Waals surface area contributed by atoms with E-state index in [4.69, 9.17) is 23.2 Å². The van der Waals surface area contributed by atoms with Gasteiger partial charge in [-0.05, 0) is 149 Å². The monoisotopic (exact) mass is 496 g/mol. The number of hydrogen-bond acceptors (Lipinski definition) is 0. The van der Waals surface area contributed by atoms with Crippen LogP contribution in [0.25, 0.3) is 75.4 Å². The molecule has 8 aromatic carbocycles. The van der Waals surface area contributed by atoms with Gasteiger partial charge in [0.05, 0.1) is 10.0 Å². The second kappa shape index (κ2) is 7.34. The summed E-state index contributed by atoms with van der Waals surface area (Å²) in [4.78, 5) is 0. The molecule has 0 aliphatic rings. The summed E-state index contributed by atoms with van der Waals surface area (Å²) in [6.45, 7) is 0. The van der Waals surface area contributed by atoms with E-state index >= 15 is 0 Å². The molecule has 0 aliphatic heterocycles. The summed E-state index contributed by atoms with van der Waals surface area (Å²) >= 11 is 12.8. The number of fused-ring (bicyclic) bond motifs is 7. The third-order valence-corrected chi connectivity index (χ3v) is 8.37. The van der Waals surface area contributed by atoms with Crippen LogP contribution in [0.5, 0.6) is 0 Å². The van der Waals surface area contributed by atoms with Gasteiger partial charge in [0.1, 0.15) is 0 Å². The maximum absolute atomic E-state index is 6.52. The van der Waals surface area contributed by atoms with Crippen molar-refractivity contribution < 1.29 is 0 Å². The summed E-state index contributed by atoms with van der Waals surface area (Å²) in [6, 6.07) is 39.9. The van der Waals surface area contributed by atoms with E-state index in [1.807, 2.05) is 12.1 Å².